The van der Waals surface area contributed by atoms with Gasteiger partial charge in [-0.3, -0.25) is 9.59 Å². The van der Waals surface area contributed by atoms with Crippen LogP contribution in [-0.4, -0.2) is 35.8 Å². The fourth-order valence-corrected chi connectivity index (χ4v) is 4.52. The number of benzene rings is 2. The van der Waals surface area contributed by atoms with Crippen molar-refractivity contribution in [3.63, 3.8) is 0 Å². The Balaban J connectivity index is 1.68. The number of amides is 2. The van der Waals surface area contributed by atoms with Gasteiger partial charge in [0.05, 0.1) is 0 Å². The Hall–Kier alpha value is -2.77. The van der Waals surface area contributed by atoms with Crippen molar-refractivity contribution in [2.45, 2.75) is 46.1 Å². The standard InChI is InChI=1S/C27H31ClN2O2/c1-19(2)25(29-24(31)15-10-20-8-6-5-7-9-20)26(32)30-17-16-23(27(3,4)18-30)21-11-13-22(28)14-12-21/h5-9,11-14,19,23,25H,16-18H2,1-4H3,(H,29,31)/t23?,25-/m1/s1. The number of carbonyl (C=O) groups excluding carboxylic acids is 2. The van der Waals surface area contributed by atoms with E-state index in [1.807, 2.05) is 61.2 Å². The molecule has 0 bridgehead atoms. The van der Waals surface area contributed by atoms with E-state index in [0.29, 0.717) is 19.0 Å². The van der Waals surface area contributed by atoms with E-state index in [-0.39, 0.29) is 17.2 Å². The molecule has 2 aromatic rings. The molecule has 5 heteroatoms. The summed E-state index contributed by atoms with van der Waals surface area (Å²) < 4.78 is 0. The SMILES string of the molecule is CC(C)[C@@H](NC(=O)C#Cc1ccccc1)C(=O)N1CCC(c2ccc(Cl)cc2)C(C)(C)C1. The van der Waals surface area contributed by atoms with Crippen LogP contribution in [0.25, 0.3) is 0 Å². The van der Waals surface area contributed by atoms with Gasteiger partial charge in [-0.15, -0.1) is 0 Å². The Morgan fingerprint density at radius 2 is 1.75 bits per heavy atom. The van der Waals surface area contributed by atoms with Crippen molar-refractivity contribution in [1.29, 1.82) is 0 Å². The molecule has 1 aliphatic heterocycles. The molecule has 1 heterocycles. The lowest BCUT2D eigenvalue weighted by Gasteiger charge is -2.45. The molecule has 2 aromatic carbocycles. The van der Waals surface area contributed by atoms with Crippen LogP contribution in [0.2, 0.25) is 5.02 Å². The number of hydrogen-bond acceptors (Lipinski definition) is 2. The van der Waals surface area contributed by atoms with E-state index in [1.165, 1.54) is 5.56 Å². The Bertz CT molecular complexity index is 1000. The van der Waals surface area contributed by atoms with Gasteiger partial charge in [0.1, 0.15) is 6.04 Å². The van der Waals surface area contributed by atoms with Crippen molar-refractivity contribution in [3.8, 4) is 11.8 Å². The second kappa shape index (κ2) is 10.2. The molecule has 0 spiro atoms. The molecule has 0 radical (unpaired) electrons. The van der Waals surface area contributed by atoms with Crippen LogP contribution in [0.15, 0.2) is 54.6 Å². The average Bonchev–Trinajstić information content (AvgIpc) is 2.76. The van der Waals surface area contributed by atoms with Gasteiger partial charge < -0.3 is 10.2 Å². The predicted molar refractivity (Wildman–Crippen MR) is 129 cm³/mol. The molecular weight excluding hydrogens is 420 g/mol. The van der Waals surface area contributed by atoms with Crippen molar-refractivity contribution in [2.24, 2.45) is 11.3 Å². The summed E-state index contributed by atoms with van der Waals surface area (Å²) in [6.45, 7) is 9.57. The third kappa shape index (κ3) is 5.93. The van der Waals surface area contributed by atoms with Gasteiger partial charge in [0.2, 0.25) is 5.91 Å². The van der Waals surface area contributed by atoms with Crippen molar-refractivity contribution in [2.75, 3.05) is 13.1 Å². The van der Waals surface area contributed by atoms with Gasteiger partial charge in [0, 0.05) is 29.6 Å². The van der Waals surface area contributed by atoms with E-state index in [2.05, 4.69) is 43.1 Å². The third-order valence-electron chi connectivity index (χ3n) is 6.13. The summed E-state index contributed by atoms with van der Waals surface area (Å²) in [5.74, 6) is 5.28. The van der Waals surface area contributed by atoms with E-state index in [4.69, 9.17) is 11.6 Å². The van der Waals surface area contributed by atoms with E-state index in [1.54, 1.807) is 0 Å². The van der Waals surface area contributed by atoms with Crippen LogP contribution in [-0.2, 0) is 9.59 Å². The molecule has 32 heavy (non-hydrogen) atoms. The summed E-state index contributed by atoms with van der Waals surface area (Å²) in [7, 11) is 0. The number of piperidine rings is 1. The highest BCUT2D eigenvalue weighted by Crippen LogP contribution is 2.42. The molecule has 1 N–H and O–H groups in total. The van der Waals surface area contributed by atoms with Crippen molar-refractivity contribution >= 4 is 23.4 Å². The molecule has 3 rings (SSSR count). The summed E-state index contributed by atoms with van der Waals surface area (Å²) in [4.78, 5) is 27.7. The summed E-state index contributed by atoms with van der Waals surface area (Å²) in [6, 6.07) is 16.7. The van der Waals surface area contributed by atoms with E-state index in [9.17, 15) is 9.59 Å². The molecule has 168 valence electrons. The second-order valence-electron chi connectivity index (χ2n) is 9.45. The minimum atomic E-state index is -0.601. The quantitative estimate of drug-likeness (QED) is 0.675. The Morgan fingerprint density at radius 1 is 1.09 bits per heavy atom. The molecule has 4 nitrogen and oxygen atoms in total. The zero-order valence-electron chi connectivity index (χ0n) is 19.2. The molecule has 1 unspecified atom stereocenters. The third-order valence-corrected chi connectivity index (χ3v) is 6.38. The van der Waals surface area contributed by atoms with Gasteiger partial charge in [-0.2, -0.15) is 0 Å². The smallest absolute Gasteiger partial charge is 0.296 e. The van der Waals surface area contributed by atoms with Gasteiger partial charge in [-0.05, 0) is 53.5 Å². The topological polar surface area (TPSA) is 49.4 Å². The Morgan fingerprint density at radius 3 is 2.34 bits per heavy atom. The minimum Gasteiger partial charge on any atom is -0.340 e. The first-order valence-electron chi connectivity index (χ1n) is 11.1. The maximum atomic E-state index is 13.4. The number of nitrogens with one attached hydrogen (secondary N) is 1. The van der Waals surface area contributed by atoms with E-state index < -0.39 is 11.9 Å². The zero-order valence-corrected chi connectivity index (χ0v) is 19.9. The number of rotatable bonds is 4. The predicted octanol–water partition coefficient (Wildman–Crippen LogP) is 4.87. The lowest BCUT2D eigenvalue weighted by Crippen LogP contribution is -2.55. The Kier molecular flexibility index (Phi) is 7.64. The highest BCUT2D eigenvalue weighted by molar-refractivity contribution is 6.30. The fraction of sp³-hybridized carbons (Fsp3) is 0.407. The van der Waals surface area contributed by atoms with Crippen LogP contribution < -0.4 is 5.32 Å². The zero-order chi connectivity index (χ0) is 23.3. The first-order valence-corrected chi connectivity index (χ1v) is 11.5. The number of carbonyl (C=O) groups is 2. The monoisotopic (exact) mass is 450 g/mol. The van der Waals surface area contributed by atoms with Crippen LogP contribution in [0.1, 0.15) is 51.2 Å². The Labute approximate surface area is 196 Å². The minimum absolute atomic E-state index is 0.0397. The van der Waals surface area contributed by atoms with Gasteiger partial charge in [0.25, 0.3) is 5.91 Å². The summed E-state index contributed by atoms with van der Waals surface area (Å²) in [5, 5.41) is 3.57. The van der Waals surface area contributed by atoms with Gasteiger partial charge in [-0.1, -0.05) is 75.5 Å². The molecular formula is C27H31ClN2O2. The lowest BCUT2D eigenvalue weighted by atomic mass is 9.70. The van der Waals surface area contributed by atoms with Crippen LogP contribution in [0, 0.1) is 23.2 Å². The molecule has 0 saturated carbocycles. The number of halogens is 1. The van der Waals surface area contributed by atoms with Gasteiger partial charge >= 0.3 is 0 Å². The molecule has 1 fully saturated rings. The fourth-order valence-electron chi connectivity index (χ4n) is 4.40. The van der Waals surface area contributed by atoms with Gasteiger partial charge in [0.15, 0.2) is 0 Å². The van der Waals surface area contributed by atoms with Crippen molar-refractivity contribution in [1.82, 2.24) is 10.2 Å². The lowest BCUT2D eigenvalue weighted by molar-refractivity contribution is -0.140. The normalized spacial score (nSPS) is 18.4. The number of likely N-dealkylation sites (tertiary alicyclic amines) is 1. The molecule has 2 atom stereocenters. The summed E-state index contributed by atoms with van der Waals surface area (Å²) in [6.07, 6.45) is 0.868. The van der Waals surface area contributed by atoms with Crippen molar-refractivity contribution < 1.29 is 9.59 Å². The molecule has 0 aromatic heterocycles. The number of hydrogen-bond donors (Lipinski definition) is 1. The van der Waals surface area contributed by atoms with E-state index >= 15 is 0 Å². The van der Waals surface area contributed by atoms with Crippen LogP contribution in [0.3, 0.4) is 0 Å². The summed E-state index contributed by atoms with van der Waals surface area (Å²) >= 11 is 6.05. The van der Waals surface area contributed by atoms with Crippen LogP contribution in [0.4, 0.5) is 0 Å². The first-order chi connectivity index (χ1) is 15.2. The first kappa shape index (κ1) is 23.9. The molecule has 1 aliphatic rings. The maximum Gasteiger partial charge on any atom is 0.296 e. The highest BCUT2D eigenvalue weighted by atomic mass is 35.5. The molecule has 2 amide bonds. The van der Waals surface area contributed by atoms with Crippen LogP contribution in [0.5, 0.6) is 0 Å². The second-order valence-corrected chi connectivity index (χ2v) is 9.89. The van der Waals surface area contributed by atoms with Crippen molar-refractivity contribution in [3.05, 3.63) is 70.7 Å². The van der Waals surface area contributed by atoms with Crippen LogP contribution >= 0.6 is 11.6 Å². The number of nitrogens with zero attached hydrogens (tertiary/aromatic N) is 1. The van der Waals surface area contributed by atoms with E-state index in [0.717, 1.165) is 17.0 Å². The largest absolute Gasteiger partial charge is 0.340 e. The van der Waals surface area contributed by atoms with Gasteiger partial charge in [-0.25, -0.2) is 0 Å². The maximum absolute atomic E-state index is 13.4. The molecule has 0 aliphatic carbocycles. The summed E-state index contributed by atoms with van der Waals surface area (Å²) in [5.41, 5.74) is 1.91. The molecule has 1 saturated heterocycles. The highest BCUT2D eigenvalue weighted by Gasteiger charge is 2.40. The average molecular weight is 451 g/mol.